The Morgan fingerprint density at radius 2 is 1.89 bits per heavy atom. The summed E-state index contributed by atoms with van der Waals surface area (Å²) >= 11 is 0. The minimum Gasteiger partial charge on any atom is -0.465 e. The molecule has 0 aliphatic rings. The van der Waals surface area contributed by atoms with Gasteiger partial charge in [-0.05, 0) is 39.0 Å². The third-order valence-electron chi connectivity index (χ3n) is 2.73. The average Bonchev–Trinajstić information content (AvgIpc) is 2.80. The van der Waals surface area contributed by atoms with Crippen LogP contribution in [0.1, 0.15) is 20.8 Å². The maximum atomic E-state index is 11.4. The number of anilines is 1. The Hall–Kier alpha value is -2.30. The summed E-state index contributed by atoms with van der Waals surface area (Å²) in [6.45, 7) is 5.55. The minimum atomic E-state index is -0.987. The van der Waals surface area contributed by atoms with Crippen LogP contribution in [-0.2, 0) is 0 Å². The van der Waals surface area contributed by atoms with E-state index in [1.165, 1.54) is 4.90 Å². The van der Waals surface area contributed by atoms with Gasteiger partial charge in [-0.3, -0.25) is 9.88 Å². The van der Waals surface area contributed by atoms with Crippen molar-refractivity contribution in [1.29, 1.82) is 0 Å². The van der Waals surface area contributed by atoms with Crippen molar-refractivity contribution < 1.29 is 9.90 Å². The monoisotopic (exact) mass is 259 g/mol. The maximum Gasteiger partial charge on any atom is 0.412 e. The summed E-state index contributed by atoms with van der Waals surface area (Å²) < 4.78 is 1.89. The highest BCUT2D eigenvalue weighted by Crippen LogP contribution is 2.25. The lowest BCUT2D eigenvalue weighted by atomic mass is 10.1. The van der Waals surface area contributed by atoms with Crippen LogP contribution in [0.15, 0.2) is 43.0 Å². The zero-order valence-corrected chi connectivity index (χ0v) is 11.2. The van der Waals surface area contributed by atoms with Crippen LogP contribution in [0, 0.1) is 0 Å². The van der Waals surface area contributed by atoms with Crippen LogP contribution in [0.3, 0.4) is 0 Å². The summed E-state index contributed by atoms with van der Waals surface area (Å²) in [6.07, 6.45) is 6.06. The molecule has 0 unspecified atom stereocenters. The normalized spacial score (nSPS) is 11.3. The number of hydrogen-bond donors (Lipinski definition) is 1. The first-order valence-electron chi connectivity index (χ1n) is 6.01. The lowest BCUT2D eigenvalue weighted by Crippen LogP contribution is -2.45. The van der Waals surface area contributed by atoms with Gasteiger partial charge in [0.05, 0.1) is 23.8 Å². The number of rotatable bonds is 2. The van der Waals surface area contributed by atoms with Crippen molar-refractivity contribution in [3.05, 3.63) is 43.0 Å². The molecule has 0 bridgehead atoms. The van der Waals surface area contributed by atoms with E-state index in [1.807, 2.05) is 55.9 Å². The van der Waals surface area contributed by atoms with Crippen molar-refractivity contribution in [2.45, 2.75) is 26.3 Å². The summed E-state index contributed by atoms with van der Waals surface area (Å²) in [7, 11) is 0. The van der Waals surface area contributed by atoms with Gasteiger partial charge in [0.1, 0.15) is 0 Å². The number of carboxylic acid groups (broad SMARTS) is 1. The van der Waals surface area contributed by atoms with E-state index >= 15 is 0 Å². The molecule has 5 heteroatoms. The summed E-state index contributed by atoms with van der Waals surface area (Å²) in [5.41, 5.74) is 0.868. The van der Waals surface area contributed by atoms with E-state index in [0.717, 1.165) is 5.69 Å². The second-order valence-corrected chi connectivity index (χ2v) is 5.28. The van der Waals surface area contributed by atoms with Gasteiger partial charge >= 0.3 is 6.09 Å². The molecule has 0 aliphatic heterocycles. The summed E-state index contributed by atoms with van der Waals surface area (Å²) in [4.78, 5) is 16.9. The SMILES string of the molecule is CC(C)(C)N(C(=O)O)c1cncc(-n2cccc2)c1. The van der Waals surface area contributed by atoms with E-state index in [1.54, 1.807) is 12.4 Å². The molecule has 2 rings (SSSR count). The summed E-state index contributed by atoms with van der Waals surface area (Å²) in [5.74, 6) is 0. The van der Waals surface area contributed by atoms with Gasteiger partial charge < -0.3 is 9.67 Å². The van der Waals surface area contributed by atoms with Crippen molar-refractivity contribution in [3.8, 4) is 5.69 Å². The molecule has 0 aromatic carbocycles. The lowest BCUT2D eigenvalue weighted by molar-refractivity contribution is 0.195. The molecule has 100 valence electrons. The molecule has 2 aromatic heterocycles. The zero-order valence-electron chi connectivity index (χ0n) is 11.2. The molecule has 19 heavy (non-hydrogen) atoms. The highest BCUT2D eigenvalue weighted by molar-refractivity contribution is 5.87. The van der Waals surface area contributed by atoms with E-state index in [4.69, 9.17) is 0 Å². The number of amides is 1. The van der Waals surface area contributed by atoms with Gasteiger partial charge in [-0.25, -0.2) is 4.79 Å². The van der Waals surface area contributed by atoms with Gasteiger partial charge in [0.15, 0.2) is 0 Å². The quantitative estimate of drug-likeness (QED) is 0.901. The predicted molar refractivity (Wildman–Crippen MR) is 73.8 cm³/mol. The standard InChI is InChI=1S/C14H17N3O2/c1-14(2,3)17(13(18)19)12-8-11(9-15-10-12)16-6-4-5-7-16/h4-10H,1-3H3,(H,18,19). The van der Waals surface area contributed by atoms with Crippen LogP contribution in [-0.4, -0.2) is 26.3 Å². The highest BCUT2D eigenvalue weighted by atomic mass is 16.4. The fourth-order valence-electron chi connectivity index (χ4n) is 1.97. The van der Waals surface area contributed by atoms with Crippen molar-refractivity contribution in [3.63, 3.8) is 0 Å². The Balaban J connectivity index is 2.45. The largest absolute Gasteiger partial charge is 0.465 e. The fraction of sp³-hybridized carbons (Fsp3) is 0.286. The van der Waals surface area contributed by atoms with Crippen molar-refractivity contribution in [2.24, 2.45) is 0 Å². The van der Waals surface area contributed by atoms with Crippen LogP contribution in [0.5, 0.6) is 0 Å². The number of pyridine rings is 1. The third kappa shape index (κ3) is 2.76. The van der Waals surface area contributed by atoms with Gasteiger partial charge in [0.2, 0.25) is 0 Å². The number of aromatic nitrogens is 2. The Kier molecular flexibility index (Phi) is 3.29. The molecular formula is C14H17N3O2. The number of nitrogens with zero attached hydrogens (tertiary/aromatic N) is 3. The van der Waals surface area contributed by atoms with Crippen LogP contribution >= 0.6 is 0 Å². The van der Waals surface area contributed by atoms with Crippen LogP contribution < -0.4 is 4.90 Å². The van der Waals surface area contributed by atoms with E-state index in [9.17, 15) is 9.90 Å². The Morgan fingerprint density at radius 1 is 1.26 bits per heavy atom. The molecular weight excluding hydrogens is 242 g/mol. The molecule has 0 atom stereocenters. The highest BCUT2D eigenvalue weighted by Gasteiger charge is 2.28. The first-order valence-corrected chi connectivity index (χ1v) is 6.01. The third-order valence-corrected chi connectivity index (χ3v) is 2.73. The van der Waals surface area contributed by atoms with Crippen molar-refractivity contribution in [1.82, 2.24) is 9.55 Å². The Bertz CT molecular complexity index is 571. The van der Waals surface area contributed by atoms with Crippen LogP contribution in [0.4, 0.5) is 10.5 Å². The number of hydrogen-bond acceptors (Lipinski definition) is 2. The minimum absolute atomic E-state index is 0.525. The summed E-state index contributed by atoms with van der Waals surface area (Å²) in [5, 5.41) is 9.38. The molecule has 0 saturated carbocycles. The smallest absolute Gasteiger partial charge is 0.412 e. The topological polar surface area (TPSA) is 58.4 Å². The molecule has 2 heterocycles. The van der Waals surface area contributed by atoms with E-state index in [0.29, 0.717) is 5.69 Å². The molecule has 1 N–H and O–H groups in total. The predicted octanol–water partition coefficient (Wildman–Crippen LogP) is 3.16. The first-order chi connectivity index (χ1) is 8.89. The number of carbonyl (C=O) groups is 1. The van der Waals surface area contributed by atoms with Gasteiger partial charge in [-0.15, -0.1) is 0 Å². The van der Waals surface area contributed by atoms with E-state index in [2.05, 4.69) is 4.98 Å². The Labute approximate surface area is 112 Å². The molecule has 0 saturated heterocycles. The van der Waals surface area contributed by atoms with Gasteiger partial charge in [-0.2, -0.15) is 0 Å². The van der Waals surface area contributed by atoms with Gasteiger partial charge in [0.25, 0.3) is 0 Å². The molecule has 0 spiro atoms. The molecule has 2 aromatic rings. The molecule has 1 amide bonds. The second kappa shape index (κ2) is 4.76. The molecule has 0 aliphatic carbocycles. The van der Waals surface area contributed by atoms with Gasteiger partial charge in [0, 0.05) is 17.9 Å². The second-order valence-electron chi connectivity index (χ2n) is 5.28. The molecule has 5 nitrogen and oxygen atoms in total. The zero-order chi connectivity index (χ0) is 14.0. The molecule has 0 fully saturated rings. The Morgan fingerprint density at radius 3 is 2.42 bits per heavy atom. The lowest BCUT2D eigenvalue weighted by Gasteiger charge is -2.33. The van der Waals surface area contributed by atoms with Crippen molar-refractivity contribution >= 4 is 11.8 Å². The fourth-order valence-corrected chi connectivity index (χ4v) is 1.97. The van der Waals surface area contributed by atoms with E-state index < -0.39 is 11.6 Å². The van der Waals surface area contributed by atoms with Crippen LogP contribution in [0.25, 0.3) is 5.69 Å². The molecule has 0 radical (unpaired) electrons. The average molecular weight is 259 g/mol. The van der Waals surface area contributed by atoms with Gasteiger partial charge in [-0.1, -0.05) is 0 Å². The van der Waals surface area contributed by atoms with E-state index in [-0.39, 0.29) is 0 Å². The van der Waals surface area contributed by atoms with Crippen molar-refractivity contribution in [2.75, 3.05) is 4.90 Å². The maximum absolute atomic E-state index is 11.4. The summed E-state index contributed by atoms with van der Waals surface area (Å²) in [6, 6.07) is 5.63. The first kappa shape index (κ1) is 13.1. The van der Waals surface area contributed by atoms with Crippen LogP contribution in [0.2, 0.25) is 0 Å².